The molecule has 0 rings (SSSR count). The molecular formula is C8H11NO9. The minimum absolute atomic E-state index is 0.825. The van der Waals surface area contributed by atoms with E-state index >= 15 is 0 Å². The first-order valence-corrected chi connectivity index (χ1v) is 4.48. The average molecular weight is 265 g/mol. The van der Waals surface area contributed by atoms with E-state index in [1.807, 2.05) is 0 Å². The lowest BCUT2D eigenvalue weighted by Gasteiger charge is -2.18. The number of nitrogens with two attached hydrogens (primary N) is 1. The number of hydrogen-bond acceptors (Lipinski definition) is 7. The van der Waals surface area contributed by atoms with E-state index in [4.69, 9.17) is 26.2 Å². The maximum absolute atomic E-state index is 11.1. The number of aliphatic hydroxyl groups excluding tert-OH is 1. The molecule has 0 aliphatic rings. The molecular weight excluding hydrogens is 254 g/mol. The fourth-order valence-corrected chi connectivity index (χ4v) is 0.863. The molecule has 0 fully saturated rings. The summed E-state index contributed by atoms with van der Waals surface area (Å²) >= 11 is 0. The molecule has 10 nitrogen and oxygen atoms in total. The van der Waals surface area contributed by atoms with Crippen LogP contribution in [0, 0.1) is 0 Å². The number of ether oxygens (including phenoxy) is 1. The maximum Gasteiger partial charge on any atom is 0.348 e. The Morgan fingerprint density at radius 3 is 1.89 bits per heavy atom. The van der Waals surface area contributed by atoms with Crippen molar-refractivity contribution in [2.75, 3.05) is 0 Å². The molecule has 0 aromatic heterocycles. The van der Waals surface area contributed by atoms with Crippen molar-refractivity contribution in [2.24, 2.45) is 5.73 Å². The van der Waals surface area contributed by atoms with Crippen molar-refractivity contribution in [3.63, 3.8) is 0 Å². The zero-order valence-electron chi connectivity index (χ0n) is 8.85. The number of carbonyl (C=O) groups is 4. The highest BCUT2D eigenvalue weighted by Crippen LogP contribution is 2.04. The molecule has 0 radical (unpaired) electrons. The van der Waals surface area contributed by atoms with Gasteiger partial charge in [0.15, 0.2) is 6.10 Å². The number of esters is 1. The Balaban J connectivity index is 4.70. The predicted molar refractivity (Wildman–Crippen MR) is 51.4 cm³/mol. The SMILES string of the molecule is N[C@@H](CC(=O)O)C(=O)OC(C(=O)O)C(O)C(=O)O. The van der Waals surface area contributed by atoms with Crippen molar-refractivity contribution < 1.29 is 44.3 Å². The van der Waals surface area contributed by atoms with Crippen LogP contribution in [0.25, 0.3) is 0 Å². The monoisotopic (exact) mass is 265 g/mol. The van der Waals surface area contributed by atoms with Crippen LogP contribution < -0.4 is 5.73 Å². The van der Waals surface area contributed by atoms with Crippen LogP contribution >= 0.6 is 0 Å². The molecule has 102 valence electrons. The molecule has 10 heteroatoms. The van der Waals surface area contributed by atoms with Gasteiger partial charge in [-0.1, -0.05) is 0 Å². The lowest BCUT2D eigenvalue weighted by atomic mass is 10.2. The minimum Gasteiger partial charge on any atom is -0.481 e. The topological polar surface area (TPSA) is 184 Å². The standard InChI is InChI=1S/C8H11NO9/c9-2(1-3(10)11)8(17)18-5(7(15)16)4(12)6(13)14/h2,4-5,12H,1,9H2,(H,10,11)(H,13,14)(H,15,16)/t2-,4?,5?/m0/s1. The number of aliphatic carboxylic acids is 3. The second-order valence-corrected chi connectivity index (χ2v) is 3.18. The highest BCUT2D eigenvalue weighted by molar-refractivity contribution is 5.88. The Bertz CT molecular complexity index is 366. The molecule has 0 aromatic carbocycles. The third kappa shape index (κ3) is 4.76. The summed E-state index contributed by atoms with van der Waals surface area (Å²) in [4.78, 5) is 42.3. The van der Waals surface area contributed by atoms with Gasteiger partial charge in [0.05, 0.1) is 6.42 Å². The van der Waals surface area contributed by atoms with Gasteiger partial charge in [-0.25, -0.2) is 9.59 Å². The first kappa shape index (κ1) is 15.8. The third-order valence-electron chi connectivity index (χ3n) is 1.72. The number of hydrogen-bond donors (Lipinski definition) is 5. The van der Waals surface area contributed by atoms with Crippen LogP contribution in [0.1, 0.15) is 6.42 Å². The quantitative estimate of drug-likeness (QED) is 0.302. The van der Waals surface area contributed by atoms with E-state index in [0.717, 1.165) is 0 Å². The normalized spacial score (nSPS) is 15.2. The second kappa shape index (κ2) is 6.51. The molecule has 0 aliphatic heterocycles. The van der Waals surface area contributed by atoms with Gasteiger partial charge in [-0.05, 0) is 0 Å². The molecule has 6 N–H and O–H groups in total. The van der Waals surface area contributed by atoms with Crippen molar-refractivity contribution in [1.29, 1.82) is 0 Å². The first-order chi connectivity index (χ1) is 8.16. The number of carboxylic acid groups (broad SMARTS) is 3. The molecule has 0 heterocycles. The summed E-state index contributed by atoms with van der Waals surface area (Å²) in [5.41, 5.74) is 5.07. The largest absolute Gasteiger partial charge is 0.481 e. The maximum atomic E-state index is 11.1. The molecule has 2 unspecified atom stereocenters. The van der Waals surface area contributed by atoms with Crippen LogP contribution in [0.5, 0.6) is 0 Å². The Morgan fingerprint density at radius 1 is 1.06 bits per heavy atom. The van der Waals surface area contributed by atoms with E-state index < -0.39 is 48.5 Å². The number of carbonyl (C=O) groups excluding carboxylic acids is 1. The zero-order valence-corrected chi connectivity index (χ0v) is 8.85. The van der Waals surface area contributed by atoms with E-state index in [1.165, 1.54) is 0 Å². The van der Waals surface area contributed by atoms with Crippen LogP contribution in [-0.2, 0) is 23.9 Å². The fraction of sp³-hybridized carbons (Fsp3) is 0.500. The van der Waals surface area contributed by atoms with Crippen LogP contribution in [0.4, 0.5) is 0 Å². The summed E-state index contributed by atoms with van der Waals surface area (Å²) in [6, 6.07) is -1.66. The highest BCUT2D eigenvalue weighted by Gasteiger charge is 2.37. The predicted octanol–water partition coefficient (Wildman–Crippen LogP) is -2.77. The molecule has 0 saturated carbocycles. The summed E-state index contributed by atoms with van der Waals surface area (Å²) in [6.45, 7) is 0. The van der Waals surface area contributed by atoms with Crippen molar-refractivity contribution in [2.45, 2.75) is 24.7 Å². The van der Waals surface area contributed by atoms with E-state index in [-0.39, 0.29) is 0 Å². The van der Waals surface area contributed by atoms with Gasteiger partial charge >= 0.3 is 23.9 Å². The Hall–Kier alpha value is -2.20. The van der Waals surface area contributed by atoms with Gasteiger partial charge in [0.2, 0.25) is 6.10 Å². The van der Waals surface area contributed by atoms with Gasteiger partial charge in [-0.15, -0.1) is 0 Å². The smallest absolute Gasteiger partial charge is 0.348 e. The van der Waals surface area contributed by atoms with Gasteiger partial charge in [-0.2, -0.15) is 0 Å². The second-order valence-electron chi connectivity index (χ2n) is 3.18. The van der Waals surface area contributed by atoms with Crippen molar-refractivity contribution in [3.05, 3.63) is 0 Å². The minimum atomic E-state index is -2.48. The summed E-state index contributed by atoms with van der Waals surface area (Å²) in [5.74, 6) is -6.68. The van der Waals surface area contributed by atoms with Gasteiger partial charge in [0.1, 0.15) is 6.04 Å². The fourth-order valence-electron chi connectivity index (χ4n) is 0.863. The summed E-state index contributed by atoms with van der Waals surface area (Å²) in [5, 5.41) is 34.2. The first-order valence-electron chi connectivity index (χ1n) is 4.48. The summed E-state index contributed by atoms with van der Waals surface area (Å²) in [6.07, 6.45) is -5.67. The molecule has 0 saturated heterocycles. The molecule has 3 atom stereocenters. The van der Waals surface area contributed by atoms with E-state index in [0.29, 0.717) is 0 Å². The molecule has 0 spiro atoms. The Morgan fingerprint density at radius 2 is 1.56 bits per heavy atom. The number of rotatable bonds is 7. The summed E-state index contributed by atoms with van der Waals surface area (Å²) in [7, 11) is 0. The van der Waals surface area contributed by atoms with Gasteiger partial charge < -0.3 is 30.9 Å². The van der Waals surface area contributed by atoms with Crippen molar-refractivity contribution in [3.8, 4) is 0 Å². The Kier molecular flexibility index (Phi) is 5.72. The van der Waals surface area contributed by atoms with Crippen molar-refractivity contribution >= 4 is 23.9 Å². The molecule has 0 aromatic rings. The Labute approximate surface area is 99.6 Å². The number of aliphatic hydroxyl groups is 1. The van der Waals surface area contributed by atoms with Gasteiger partial charge in [0.25, 0.3) is 0 Å². The lowest BCUT2D eigenvalue weighted by molar-refractivity contribution is -0.179. The van der Waals surface area contributed by atoms with Gasteiger partial charge in [-0.3, -0.25) is 9.59 Å². The van der Waals surface area contributed by atoms with Crippen LogP contribution in [0.2, 0.25) is 0 Å². The van der Waals surface area contributed by atoms with E-state index in [9.17, 15) is 19.2 Å². The van der Waals surface area contributed by atoms with Crippen LogP contribution in [-0.4, -0.2) is 62.6 Å². The molecule has 0 aliphatic carbocycles. The average Bonchev–Trinajstić information content (AvgIpc) is 2.22. The van der Waals surface area contributed by atoms with Crippen LogP contribution in [0.3, 0.4) is 0 Å². The van der Waals surface area contributed by atoms with Crippen molar-refractivity contribution in [1.82, 2.24) is 0 Å². The zero-order chi connectivity index (χ0) is 14.5. The molecule has 18 heavy (non-hydrogen) atoms. The third-order valence-corrected chi connectivity index (χ3v) is 1.72. The van der Waals surface area contributed by atoms with E-state index in [2.05, 4.69) is 4.74 Å². The lowest BCUT2D eigenvalue weighted by Crippen LogP contribution is -2.46. The highest BCUT2D eigenvalue weighted by atomic mass is 16.6. The number of carboxylic acids is 3. The molecule has 0 amide bonds. The van der Waals surface area contributed by atoms with E-state index in [1.54, 1.807) is 0 Å². The van der Waals surface area contributed by atoms with Crippen LogP contribution in [0.15, 0.2) is 0 Å². The molecule has 0 bridgehead atoms. The summed E-state index contributed by atoms with van der Waals surface area (Å²) < 4.78 is 4.14. The van der Waals surface area contributed by atoms with Gasteiger partial charge in [0, 0.05) is 0 Å².